The number of aromatic nitrogens is 1. The van der Waals surface area contributed by atoms with Gasteiger partial charge in [-0.1, -0.05) is 69.6 Å². The smallest absolute Gasteiger partial charge is 0.245 e. The molecule has 2 heterocycles. The van der Waals surface area contributed by atoms with Crippen LogP contribution in [0.15, 0.2) is 54.7 Å². The highest BCUT2D eigenvalue weighted by atomic mass is 35.5. The zero-order chi connectivity index (χ0) is 25.3. The summed E-state index contributed by atoms with van der Waals surface area (Å²) < 4.78 is 2.04. The van der Waals surface area contributed by atoms with Crippen LogP contribution in [-0.2, 0) is 23.1 Å². The molecular weight excluding hydrogens is 458 g/mol. The third-order valence-electron chi connectivity index (χ3n) is 7.39. The molecule has 1 N–H and O–H groups in total. The fourth-order valence-electron chi connectivity index (χ4n) is 5.53. The molecule has 2 amide bonds. The molecule has 1 saturated heterocycles. The van der Waals surface area contributed by atoms with Crippen LogP contribution in [0.3, 0.4) is 0 Å². The van der Waals surface area contributed by atoms with Gasteiger partial charge in [0.05, 0.1) is 6.42 Å². The number of piperidine rings is 1. The van der Waals surface area contributed by atoms with E-state index in [1.54, 1.807) is 0 Å². The van der Waals surface area contributed by atoms with E-state index in [-0.39, 0.29) is 29.6 Å². The van der Waals surface area contributed by atoms with Crippen molar-refractivity contribution in [3.8, 4) is 0 Å². The Morgan fingerprint density at radius 3 is 2.46 bits per heavy atom. The molecule has 5 nitrogen and oxygen atoms in total. The Morgan fingerprint density at radius 1 is 1.11 bits per heavy atom. The van der Waals surface area contributed by atoms with Crippen molar-refractivity contribution < 1.29 is 9.59 Å². The summed E-state index contributed by atoms with van der Waals surface area (Å²) in [6.45, 7) is 9.75. The van der Waals surface area contributed by atoms with Crippen molar-refractivity contribution >= 4 is 34.3 Å². The standard InChI is InChI=1S/C29H36ClN3O2/c1-19(2)27(31-26(34)16-21-17-32(5)25-9-7-6-8-23(21)25)28(35)33-15-14-24(29(3,4)18-33)20-10-12-22(30)13-11-20/h6-13,17,19,24,27H,14-16,18H2,1-5H3,(H,31,34)/t24?,27-/m1/s1. The van der Waals surface area contributed by atoms with Crippen LogP contribution in [-0.4, -0.2) is 40.4 Å². The number of hydrogen-bond acceptors (Lipinski definition) is 2. The van der Waals surface area contributed by atoms with Gasteiger partial charge in [-0.15, -0.1) is 0 Å². The quantitative estimate of drug-likeness (QED) is 0.489. The number of carbonyl (C=O) groups is 2. The zero-order valence-corrected chi connectivity index (χ0v) is 22.1. The molecule has 6 heteroatoms. The minimum Gasteiger partial charge on any atom is -0.350 e. The monoisotopic (exact) mass is 493 g/mol. The third kappa shape index (κ3) is 5.40. The zero-order valence-electron chi connectivity index (χ0n) is 21.3. The molecule has 0 radical (unpaired) electrons. The lowest BCUT2D eigenvalue weighted by Gasteiger charge is -2.45. The van der Waals surface area contributed by atoms with E-state index in [0.717, 1.165) is 27.9 Å². The number of aryl methyl sites for hydroxylation is 1. The first-order chi connectivity index (χ1) is 16.6. The molecule has 0 saturated carbocycles. The van der Waals surface area contributed by atoms with Gasteiger partial charge in [0.2, 0.25) is 11.8 Å². The summed E-state index contributed by atoms with van der Waals surface area (Å²) in [6, 6.07) is 15.6. The normalized spacial score (nSPS) is 18.6. The summed E-state index contributed by atoms with van der Waals surface area (Å²) in [6.07, 6.45) is 3.14. The summed E-state index contributed by atoms with van der Waals surface area (Å²) in [5.41, 5.74) is 3.24. The summed E-state index contributed by atoms with van der Waals surface area (Å²) >= 11 is 6.08. The van der Waals surface area contributed by atoms with Crippen molar-refractivity contribution in [1.82, 2.24) is 14.8 Å². The lowest BCUT2D eigenvalue weighted by Crippen LogP contribution is -2.56. The number of nitrogens with zero attached hydrogens (tertiary/aromatic N) is 2. The van der Waals surface area contributed by atoms with Crippen molar-refractivity contribution in [2.75, 3.05) is 13.1 Å². The van der Waals surface area contributed by atoms with Gasteiger partial charge in [-0.25, -0.2) is 0 Å². The minimum absolute atomic E-state index is 0.00364. The molecule has 186 valence electrons. The molecule has 0 spiro atoms. The van der Waals surface area contributed by atoms with Crippen molar-refractivity contribution in [2.45, 2.75) is 52.5 Å². The van der Waals surface area contributed by atoms with E-state index in [2.05, 4.69) is 31.3 Å². The second-order valence-corrected chi connectivity index (χ2v) is 11.3. The van der Waals surface area contributed by atoms with Crippen molar-refractivity contribution in [3.63, 3.8) is 0 Å². The van der Waals surface area contributed by atoms with Gasteiger partial charge in [-0.05, 0) is 53.0 Å². The first kappa shape index (κ1) is 25.3. The van der Waals surface area contributed by atoms with Gasteiger partial charge in [-0.3, -0.25) is 9.59 Å². The Balaban J connectivity index is 1.44. The number of nitrogens with one attached hydrogen (secondary N) is 1. The lowest BCUT2D eigenvalue weighted by atomic mass is 9.70. The first-order valence-corrected chi connectivity index (χ1v) is 12.8. The molecular formula is C29H36ClN3O2. The number of para-hydroxylation sites is 1. The Kier molecular flexibility index (Phi) is 7.27. The van der Waals surface area contributed by atoms with Crippen LogP contribution >= 0.6 is 11.6 Å². The maximum absolute atomic E-state index is 13.6. The number of likely N-dealkylation sites (tertiary alicyclic amines) is 1. The highest BCUT2D eigenvalue weighted by molar-refractivity contribution is 6.30. The highest BCUT2D eigenvalue weighted by Crippen LogP contribution is 2.42. The number of fused-ring (bicyclic) bond motifs is 1. The number of amides is 2. The average molecular weight is 494 g/mol. The Morgan fingerprint density at radius 2 is 1.80 bits per heavy atom. The van der Waals surface area contributed by atoms with Crippen molar-refractivity contribution in [3.05, 3.63) is 70.9 Å². The van der Waals surface area contributed by atoms with Crippen LogP contribution in [0.2, 0.25) is 5.02 Å². The molecule has 35 heavy (non-hydrogen) atoms. The SMILES string of the molecule is CC(C)[C@@H](NC(=O)Cc1cn(C)c2ccccc12)C(=O)N1CCC(c2ccc(Cl)cc2)C(C)(C)C1. The lowest BCUT2D eigenvalue weighted by molar-refractivity contribution is -0.140. The molecule has 1 aromatic heterocycles. The van der Waals surface area contributed by atoms with E-state index < -0.39 is 6.04 Å². The van der Waals surface area contributed by atoms with Gasteiger partial charge in [0.15, 0.2) is 0 Å². The fourth-order valence-corrected chi connectivity index (χ4v) is 5.66. The van der Waals surface area contributed by atoms with E-state index >= 15 is 0 Å². The Labute approximate surface area is 213 Å². The van der Waals surface area contributed by atoms with Crippen LogP contribution in [0.5, 0.6) is 0 Å². The number of carbonyl (C=O) groups excluding carboxylic acids is 2. The van der Waals surface area contributed by atoms with Gasteiger partial charge < -0.3 is 14.8 Å². The molecule has 0 aliphatic carbocycles. The van der Waals surface area contributed by atoms with E-state index in [0.29, 0.717) is 19.0 Å². The summed E-state index contributed by atoms with van der Waals surface area (Å²) in [7, 11) is 1.99. The number of benzene rings is 2. The summed E-state index contributed by atoms with van der Waals surface area (Å²) in [5.74, 6) is 0.232. The van der Waals surface area contributed by atoms with E-state index in [1.807, 2.05) is 73.0 Å². The number of rotatable bonds is 6. The van der Waals surface area contributed by atoms with Gasteiger partial charge in [-0.2, -0.15) is 0 Å². The first-order valence-electron chi connectivity index (χ1n) is 12.4. The maximum Gasteiger partial charge on any atom is 0.245 e. The fraction of sp³-hybridized carbons (Fsp3) is 0.448. The molecule has 2 aromatic carbocycles. The summed E-state index contributed by atoms with van der Waals surface area (Å²) in [4.78, 5) is 28.6. The average Bonchev–Trinajstić information content (AvgIpc) is 3.12. The van der Waals surface area contributed by atoms with Gasteiger partial charge in [0.25, 0.3) is 0 Å². The summed E-state index contributed by atoms with van der Waals surface area (Å²) in [5, 5.41) is 4.87. The number of hydrogen-bond donors (Lipinski definition) is 1. The van der Waals surface area contributed by atoms with Gasteiger partial charge >= 0.3 is 0 Å². The highest BCUT2D eigenvalue weighted by Gasteiger charge is 2.40. The van der Waals surface area contributed by atoms with Crippen LogP contribution in [0.25, 0.3) is 10.9 Å². The van der Waals surface area contributed by atoms with Crippen LogP contribution < -0.4 is 5.32 Å². The molecule has 1 unspecified atom stereocenters. The predicted octanol–water partition coefficient (Wildman–Crippen LogP) is 5.56. The molecule has 1 fully saturated rings. The van der Waals surface area contributed by atoms with Gasteiger partial charge in [0, 0.05) is 42.3 Å². The van der Waals surface area contributed by atoms with Gasteiger partial charge in [0.1, 0.15) is 6.04 Å². The maximum atomic E-state index is 13.6. The Bertz CT molecular complexity index is 1210. The largest absolute Gasteiger partial charge is 0.350 e. The number of halogens is 1. The molecule has 2 atom stereocenters. The predicted molar refractivity (Wildman–Crippen MR) is 143 cm³/mol. The molecule has 3 aromatic rings. The molecule has 1 aliphatic heterocycles. The topological polar surface area (TPSA) is 54.3 Å². The molecule has 0 bridgehead atoms. The van der Waals surface area contributed by atoms with Crippen LogP contribution in [0.4, 0.5) is 0 Å². The minimum atomic E-state index is -0.541. The van der Waals surface area contributed by atoms with E-state index in [4.69, 9.17) is 11.6 Å². The second-order valence-electron chi connectivity index (χ2n) is 10.9. The third-order valence-corrected chi connectivity index (χ3v) is 7.65. The Hall–Kier alpha value is -2.79. The van der Waals surface area contributed by atoms with Crippen LogP contribution in [0.1, 0.15) is 51.2 Å². The van der Waals surface area contributed by atoms with Crippen molar-refractivity contribution in [1.29, 1.82) is 0 Å². The van der Waals surface area contributed by atoms with E-state index in [1.165, 1.54) is 5.56 Å². The second kappa shape index (κ2) is 10.1. The van der Waals surface area contributed by atoms with Crippen molar-refractivity contribution in [2.24, 2.45) is 18.4 Å². The van der Waals surface area contributed by atoms with Crippen LogP contribution in [0, 0.1) is 11.3 Å². The van der Waals surface area contributed by atoms with E-state index in [9.17, 15) is 9.59 Å². The molecule has 4 rings (SSSR count). The molecule has 1 aliphatic rings.